The van der Waals surface area contributed by atoms with Crippen LogP contribution in [-0.4, -0.2) is 6.54 Å². The Morgan fingerprint density at radius 2 is 2.31 bits per heavy atom. The van der Waals surface area contributed by atoms with E-state index in [0.29, 0.717) is 6.04 Å². The standard InChI is InChI=1S/C10H16BrNS/c1-4-5-12-8(3)10-9(11)6-7(2)13-10/h6,8,12H,4-5H2,1-3H3. The highest BCUT2D eigenvalue weighted by Crippen LogP contribution is 2.31. The molecule has 1 unspecified atom stereocenters. The zero-order chi connectivity index (χ0) is 9.84. The van der Waals surface area contributed by atoms with Gasteiger partial charge in [-0.25, -0.2) is 0 Å². The maximum Gasteiger partial charge on any atom is 0.0397 e. The molecule has 0 saturated heterocycles. The first kappa shape index (κ1) is 11.2. The van der Waals surface area contributed by atoms with Gasteiger partial charge in [0.05, 0.1) is 0 Å². The number of thiophene rings is 1. The molecular weight excluding hydrogens is 246 g/mol. The first-order chi connectivity index (χ1) is 6.15. The lowest BCUT2D eigenvalue weighted by atomic mass is 10.2. The molecule has 0 aliphatic rings. The van der Waals surface area contributed by atoms with Crippen LogP contribution < -0.4 is 5.32 Å². The van der Waals surface area contributed by atoms with Crippen molar-refractivity contribution in [2.24, 2.45) is 0 Å². The molecule has 1 atom stereocenters. The van der Waals surface area contributed by atoms with E-state index in [2.05, 4.69) is 48.1 Å². The van der Waals surface area contributed by atoms with Gasteiger partial charge in [-0.15, -0.1) is 11.3 Å². The lowest BCUT2D eigenvalue weighted by molar-refractivity contribution is 0.577. The van der Waals surface area contributed by atoms with Crippen LogP contribution in [0.1, 0.15) is 36.1 Å². The fraction of sp³-hybridized carbons (Fsp3) is 0.600. The Bertz CT molecular complexity index is 270. The predicted molar refractivity (Wildman–Crippen MR) is 63.5 cm³/mol. The maximum absolute atomic E-state index is 3.58. The van der Waals surface area contributed by atoms with E-state index in [4.69, 9.17) is 0 Å². The van der Waals surface area contributed by atoms with Crippen molar-refractivity contribution in [2.75, 3.05) is 6.54 Å². The van der Waals surface area contributed by atoms with Crippen LogP contribution >= 0.6 is 27.3 Å². The van der Waals surface area contributed by atoms with Crippen molar-refractivity contribution in [3.8, 4) is 0 Å². The minimum Gasteiger partial charge on any atom is -0.309 e. The molecule has 0 bridgehead atoms. The van der Waals surface area contributed by atoms with Crippen LogP contribution in [0.5, 0.6) is 0 Å². The van der Waals surface area contributed by atoms with Gasteiger partial charge in [0, 0.05) is 20.3 Å². The van der Waals surface area contributed by atoms with Crippen molar-refractivity contribution in [1.82, 2.24) is 5.32 Å². The molecule has 0 aromatic carbocycles. The van der Waals surface area contributed by atoms with Crippen LogP contribution in [0.3, 0.4) is 0 Å². The molecular formula is C10H16BrNS. The van der Waals surface area contributed by atoms with Crippen molar-refractivity contribution in [3.05, 3.63) is 20.3 Å². The largest absolute Gasteiger partial charge is 0.309 e. The summed E-state index contributed by atoms with van der Waals surface area (Å²) in [6.07, 6.45) is 1.19. The first-order valence-corrected chi connectivity index (χ1v) is 6.25. The van der Waals surface area contributed by atoms with Crippen LogP contribution in [0.25, 0.3) is 0 Å². The summed E-state index contributed by atoms with van der Waals surface area (Å²) >= 11 is 5.44. The molecule has 0 amide bonds. The third kappa shape index (κ3) is 3.08. The van der Waals surface area contributed by atoms with Gasteiger partial charge in [-0.3, -0.25) is 0 Å². The number of hydrogen-bond donors (Lipinski definition) is 1. The van der Waals surface area contributed by atoms with Gasteiger partial charge in [0.15, 0.2) is 0 Å². The summed E-state index contributed by atoms with van der Waals surface area (Å²) in [6.45, 7) is 7.64. The third-order valence-corrected chi connectivity index (χ3v) is 4.08. The summed E-state index contributed by atoms with van der Waals surface area (Å²) < 4.78 is 1.24. The fourth-order valence-corrected chi connectivity index (χ4v) is 3.27. The average Bonchev–Trinajstić information content (AvgIpc) is 2.41. The van der Waals surface area contributed by atoms with E-state index in [1.165, 1.54) is 20.6 Å². The van der Waals surface area contributed by atoms with Gasteiger partial charge in [0.25, 0.3) is 0 Å². The highest BCUT2D eigenvalue weighted by atomic mass is 79.9. The summed E-state index contributed by atoms with van der Waals surface area (Å²) in [5, 5.41) is 3.48. The molecule has 0 spiro atoms. The number of hydrogen-bond acceptors (Lipinski definition) is 2. The molecule has 1 nitrogen and oxygen atoms in total. The highest BCUT2D eigenvalue weighted by molar-refractivity contribution is 9.10. The Balaban J connectivity index is 2.64. The normalized spacial score (nSPS) is 13.2. The zero-order valence-electron chi connectivity index (χ0n) is 8.36. The first-order valence-electron chi connectivity index (χ1n) is 4.64. The highest BCUT2D eigenvalue weighted by Gasteiger charge is 2.10. The van der Waals surface area contributed by atoms with Crippen LogP contribution in [0, 0.1) is 6.92 Å². The molecule has 13 heavy (non-hydrogen) atoms. The second kappa shape index (κ2) is 5.13. The molecule has 1 heterocycles. The molecule has 0 saturated carbocycles. The number of halogens is 1. The molecule has 1 aromatic heterocycles. The lowest BCUT2D eigenvalue weighted by Crippen LogP contribution is -2.18. The lowest BCUT2D eigenvalue weighted by Gasteiger charge is -2.11. The van der Waals surface area contributed by atoms with E-state index < -0.39 is 0 Å². The molecule has 0 fully saturated rings. The van der Waals surface area contributed by atoms with Gasteiger partial charge in [-0.1, -0.05) is 6.92 Å². The second-order valence-corrected chi connectivity index (χ2v) is 5.39. The Morgan fingerprint density at radius 3 is 2.77 bits per heavy atom. The Labute approximate surface area is 92.7 Å². The smallest absolute Gasteiger partial charge is 0.0397 e. The molecule has 1 rings (SSSR count). The van der Waals surface area contributed by atoms with E-state index in [-0.39, 0.29) is 0 Å². The monoisotopic (exact) mass is 261 g/mol. The third-order valence-electron chi connectivity index (χ3n) is 1.93. The fourth-order valence-electron chi connectivity index (χ4n) is 1.25. The topological polar surface area (TPSA) is 12.0 Å². The number of aryl methyl sites for hydroxylation is 1. The van der Waals surface area contributed by atoms with Crippen molar-refractivity contribution in [3.63, 3.8) is 0 Å². The SMILES string of the molecule is CCCNC(C)c1sc(C)cc1Br. The minimum absolute atomic E-state index is 0.466. The van der Waals surface area contributed by atoms with Crippen molar-refractivity contribution in [2.45, 2.75) is 33.2 Å². The summed E-state index contributed by atoms with van der Waals surface area (Å²) in [7, 11) is 0. The predicted octanol–water partition coefficient (Wildman–Crippen LogP) is 3.88. The Kier molecular flexibility index (Phi) is 4.42. The molecule has 0 aliphatic heterocycles. The summed E-state index contributed by atoms with van der Waals surface area (Å²) in [4.78, 5) is 2.78. The maximum atomic E-state index is 3.58. The van der Waals surface area contributed by atoms with Crippen molar-refractivity contribution < 1.29 is 0 Å². The molecule has 1 aromatic rings. The van der Waals surface area contributed by atoms with Crippen LogP contribution in [0.4, 0.5) is 0 Å². The van der Waals surface area contributed by atoms with Gasteiger partial charge >= 0.3 is 0 Å². The number of rotatable bonds is 4. The molecule has 1 N–H and O–H groups in total. The van der Waals surface area contributed by atoms with Crippen molar-refractivity contribution >= 4 is 27.3 Å². The van der Waals surface area contributed by atoms with E-state index in [0.717, 1.165) is 6.54 Å². The van der Waals surface area contributed by atoms with E-state index in [1.807, 2.05) is 11.3 Å². The molecule has 3 heteroatoms. The molecule has 74 valence electrons. The Hall–Kier alpha value is 0.140. The van der Waals surface area contributed by atoms with Crippen LogP contribution in [-0.2, 0) is 0 Å². The summed E-state index contributed by atoms with van der Waals surface area (Å²) in [5.41, 5.74) is 0. The molecule has 0 aliphatic carbocycles. The summed E-state index contributed by atoms with van der Waals surface area (Å²) in [6, 6.07) is 2.65. The van der Waals surface area contributed by atoms with Gasteiger partial charge < -0.3 is 5.32 Å². The quantitative estimate of drug-likeness (QED) is 0.868. The minimum atomic E-state index is 0.466. The van der Waals surface area contributed by atoms with E-state index >= 15 is 0 Å². The Morgan fingerprint density at radius 1 is 1.62 bits per heavy atom. The van der Waals surface area contributed by atoms with Gasteiger partial charge in [-0.2, -0.15) is 0 Å². The van der Waals surface area contributed by atoms with E-state index in [1.54, 1.807) is 0 Å². The van der Waals surface area contributed by atoms with Gasteiger partial charge in [0.2, 0.25) is 0 Å². The van der Waals surface area contributed by atoms with Crippen LogP contribution in [0.2, 0.25) is 0 Å². The molecule has 0 radical (unpaired) electrons. The summed E-state index contributed by atoms with van der Waals surface area (Å²) in [5.74, 6) is 0. The number of nitrogens with one attached hydrogen (secondary N) is 1. The average molecular weight is 262 g/mol. The van der Waals surface area contributed by atoms with Gasteiger partial charge in [-0.05, 0) is 48.8 Å². The van der Waals surface area contributed by atoms with E-state index in [9.17, 15) is 0 Å². The van der Waals surface area contributed by atoms with Crippen LogP contribution in [0.15, 0.2) is 10.5 Å². The second-order valence-electron chi connectivity index (χ2n) is 3.25. The van der Waals surface area contributed by atoms with Crippen molar-refractivity contribution in [1.29, 1.82) is 0 Å². The zero-order valence-corrected chi connectivity index (χ0v) is 10.8. The van der Waals surface area contributed by atoms with Gasteiger partial charge in [0.1, 0.15) is 0 Å².